The molecule has 2 aromatic carbocycles. The SMILES string of the molecule is Cc1ccc(C)c(NC(=O)C[NH+](C)CC(=O)Nc2ccccc2C(F)(F)F)c1. The van der Waals surface area contributed by atoms with Crippen molar-refractivity contribution in [3.63, 3.8) is 0 Å². The second-order valence-corrected chi connectivity index (χ2v) is 6.77. The van der Waals surface area contributed by atoms with Gasteiger partial charge in [0.05, 0.1) is 18.3 Å². The predicted molar refractivity (Wildman–Crippen MR) is 101 cm³/mol. The van der Waals surface area contributed by atoms with Crippen molar-refractivity contribution in [2.75, 3.05) is 30.8 Å². The fraction of sp³-hybridized carbons (Fsp3) is 0.300. The highest BCUT2D eigenvalue weighted by atomic mass is 19.4. The largest absolute Gasteiger partial charge is 0.418 e. The summed E-state index contributed by atoms with van der Waals surface area (Å²) in [6.07, 6.45) is -4.56. The van der Waals surface area contributed by atoms with E-state index in [0.29, 0.717) is 10.6 Å². The first-order valence-electron chi connectivity index (χ1n) is 8.70. The Morgan fingerprint density at radius 1 is 0.929 bits per heavy atom. The summed E-state index contributed by atoms with van der Waals surface area (Å²) in [4.78, 5) is 24.9. The fourth-order valence-electron chi connectivity index (χ4n) is 2.71. The molecule has 150 valence electrons. The zero-order valence-electron chi connectivity index (χ0n) is 15.9. The third-order valence-electron chi connectivity index (χ3n) is 4.10. The average Bonchev–Trinajstić information content (AvgIpc) is 2.57. The third kappa shape index (κ3) is 6.09. The van der Waals surface area contributed by atoms with Gasteiger partial charge in [0, 0.05) is 5.69 Å². The maximum atomic E-state index is 13.0. The van der Waals surface area contributed by atoms with E-state index >= 15 is 0 Å². The normalized spacial score (nSPS) is 12.4. The predicted octanol–water partition coefficient (Wildman–Crippen LogP) is 2.41. The number of amides is 2. The maximum absolute atomic E-state index is 13.0. The van der Waals surface area contributed by atoms with Crippen LogP contribution < -0.4 is 15.5 Å². The van der Waals surface area contributed by atoms with Gasteiger partial charge >= 0.3 is 6.18 Å². The standard InChI is InChI=1S/C20H22F3N3O2/c1-13-8-9-14(2)17(10-13)25-19(28)12-26(3)11-18(27)24-16-7-5-4-6-15(16)20(21,22)23/h4-10H,11-12H2,1-3H3,(H,24,27)(H,25,28)/p+1. The van der Waals surface area contributed by atoms with Gasteiger partial charge in [-0.3, -0.25) is 9.59 Å². The molecule has 0 saturated heterocycles. The first-order chi connectivity index (χ1) is 13.1. The van der Waals surface area contributed by atoms with Gasteiger partial charge in [-0.05, 0) is 43.2 Å². The molecule has 1 unspecified atom stereocenters. The number of alkyl halides is 3. The summed E-state index contributed by atoms with van der Waals surface area (Å²) >= 11 is 0. The van der Waals surface area contributed by atoms with Gasteiger partial charge in [0.25, 0.3) is 11.8 Å². The summed E-state index contributed by atoms with van der Waals surface area (Å²) in [5, 5.41) is 5.07. The first kappa shape index (κ1) is 21.4. The van der Waals surface area contributed by atoms with E-state index in [1.165, 1.54) is 18.2 Å². The highest BCUT2D eigenvalue weighted by Gasteiger charge is 2.33. The molecular formula is C20H23F3N3O2+. The van der Waals surface area contributed by atoms with Crippen molar-refractivity contribution in [2.24, 2.45) is 0 Å². The van der Waals surface area contributed by atoms with Gasteiger partial charge in [0.1, 0.15) is 0 Å². The van der Waals surface area contributed by atoms with Crippen molar-refractivity contribution in [2.45, 2.75) is 20.0 Å². The van der Waals surface area contributed by atoms with Gasteiger partial charge in [-0.15, -0.1) is 0 Å². The summed E-state index contributed by atoms with van der Waals surface area (Å²) in [5.41, 5.74) is 1.41. The van der Waals surface area contributed by atoms with E-state index in [9.17, 15) is 22.8 Å². The number of hydrogen-bond acceptors (Lipinski definition) is 2. The molecule has 0 aliphatic heterocycles. The molecule has 0 bridgehead atoms. The molecule has 0 aliphatic carbocycles. The van der Waals surface area contributed by atoms with E-state index < -0.39 is 17.6 Å². The lowest BCUT2D eigenvalue weighted by atomic mass is 10.1. The van der Waals surface area contributed by atoms with Crippen LogP contribution in [0.4, 0.5) is 24.5 Å². The number of quaternary nitrogens is 1. The van der Waals surface area contributed by atoms with Crippen molar-refractivity contribution < 1.29 is 27.7 Å². The van der Waals surface area contributed by atoms with E-state index in [4.69, 9.17) is 0 Å². The van der Waals surface area contributed by atoms with Crippen LogP contribution in [0.1, 0.15) is 16.7 Å². The van der Waals surface area contributed by atoms with Gasteiger partial charge in [-0.2, -0.15) is 13.2 Å². The fourth-order valence-corrected chi connectivity index (χ4v) is 2.71. The van der Waals surface area contributed by atoms with Crippen LogP contribution in [-0.4, -0.2) is 32.0 Å². The number of nitrogens with one attached hydrogen (secondary N) is 3. The van der Waals surface area contributed by atoms with Crippen LogP contribution >= 0.6 is 0 Å². The molecule has 28 heavy (non-hydrogen) atoms. The Labute approximate surface area is 161 Å². The lowest BCUT2D eigenvalue weighted by Gasteiger charge is -2.16. The summed E-state index contributed by atoms with van der Waals surface area (Å²) in [6.45, 7) is 3.64. The van der Waals surface area contributed by atoms with E-state index in [2.05, 4.69) is 10.6 Å². The number of hydrogen-bond donors (Lipinski definition) is 3. The molecule has 8 heteroatoms. The van der Waals surface area contributed by atoms with Crippen molar-refractivity contribution >= 4 is 23.2 Å². The minimum atomic E-state index is -4.56. The molecule has 0 heterocycles. The van der Waals surface area contributed by atoms with Crippen LogP contribution in [-0.2, 0) is 15.8 Å². The van der Waals surface area contributed by atoms with Crippen LogP contribution in [0.25, 0.3) is 0 Å². The Morgan fingerprint density at radius 3 is 2.11 bits per heavy atom. The van der Waals surface area contributed by atoms with Crippen LogP contribution in [0.15, 0.2) is 42.5 Å². The second-order valence-electron chi connectivity index (χ2n) is 6.77. The Morgan fingerprint density at radius 2 is 1.50 bits per heavy atom. The molecule has 0 saturated carbocycles. The van der Waals surface area contributed by atoms with Gasteiger partial charge in [-0.25, -0.2) is 0 Å². The molecular weight excluding hydrogens is 371 g/mol. The Hall–Kier alpha value is -2.87. The summed E-state index contributed by atoms with van der Waals surface area (Å²) in [5.74, 6) is -0.886. The number of para-hydroxylation sites is 1. The summed E-state index contributed by atoms with van der Waals surface area (Å²) in [6, 6.07) is 10.5. The lowest BCUT2D eigenvalue weighted by Crippen LogP contribution is -3.11. The first-order valence-corrected chi connectivity index (χ1v) is 8.70. The van der Waals surface area contributed by atoms with Gasteiger partial charge in [0.2, 0.25) is 0 Å². The summed E-state index contributed by atoms with van der Waals surface area (Å²) < 4.78 is 39.0. The Bertz CT molecular complexity index is 866. The number of halogens is 3. The molecule has 2 aromatic rings. The molecule has 2 amide bonds. The molecule has 0 aliphatic rings. The van der Waals surface area contributed by atoms with Crippen molar-refractivity contribution in [1.29, 1.82) is 0 Å². The molecule has 0 fully saturated rings. The van der Waals surface area contributed by atoms with Crippen molar-refractivity contribution in [3.05, 3.63) is 59.2 Å². The molecule has 1 atom stereocenters. The van der Waals surface area contributed by atoms with Crippen LogP contribution in [0.5, 0.6) is 0 Å². The number of benzene rings is 2. The number of likely N-dealkylation sites (N-methyl/N-ethyl adjacent to an activating group) is 1. The minimum absolute atomic E-state index is 0.00171. The molecule has 5 nitrogen and oxygen atoms in total. The third-order valence-corrected chi connectivity index (χ3v) is 4.10. The molecule has 0 spiro atoms. The smallest absolute Gasteiger partial charge is 0.322 e. The monoisotopic (exact) mass is 394 g/mol. The van der Waals surface area contributed by atoms with E-state index in [1.54, 1.807) is 7.05 Å². The van der Waals surface area contributed by atoms with Crippen LogP contribution in [0.2, 0.25) is 0 Å². The maximum Gasteiger partial charge on any atom is 0.418 e. The molecule has 0 aromatic heterocycles. The van der Waals surface area contributed by atoms with Crippen molar-refractivity contribution in [1.82, 2.24) is 0 Å². The van der Waals surface area contributed by atoms with Gasteiger partial charge < -0.3 is 15.5 Å². The highest BCUT2D eigenvalue weighted by Crippen LogP contribution is 2.34. The lowest BCUT2D eigenvalue weighted by molar-refractivity contribution is -0.862. The highest BCUT2D eigenvalue weighted by molar-refractivity contribution is 5.94. The van der Waals surface area contributed by atoms with E-state index in [0.717, 1.165) is 17.2 Å². The number of carbonyl (C=O) groups is 2. The molecule has 3 N–H and O–H groups in total. The Balaban J connectivity index is 1.93. The second kappa shape index (κ2) is 8.88. The van der Waals surface area contributed by atoms with Crippen molar-refractivity contribution in [3.8, 4) is 0 Å². The average molecular weight is 394 g/mol. The summed E-state index contributed by atoms with van der Waals surface area (Å²) in [7, 11) is 1.62. The van der Waals surface area contributed by atoms with Gasteiger partial charge in [-0.1, -0.05) is 24.3 Å². The molecule has 2 rings (SSSR count). The van der Waals surface area contributed by atoms with Crippen LogP contribution in [0.3, 0.4) is 0 Å². The molecule has 0 radical (unpaired) electrons. The number of anilines is 2. The zero-order valence-corrected chi connectivity index (χ0v) is 15.9. The zero-order chi connectivity index (χ0) is 20.9. The number of rotatable bonds is 6. The van der Waals surface area contributed by atoms with E-state index in [1.807, 2.05) is 32.0 Å². The quantitative estimate of drug-likeness (QED) is 0.705. The van der Waals surface area contributed by atoms with E-state index in [-0.39, 0.29) is 24.7 Å². The van der Waals surface area contributed by atoms with Crippen LogP contribution in [0, 0.1) is 13.8 Å². The topological polar surface area (TPSA) is 62.6 Å². The minimum Gasteiger partial charge on any atom is -0.322 e. The number of aryl methyl sites for hydroxylation is 2. The van der Waals surface area contributed by atoms with Gasteiger partial charge in [0.15, 0.2) is 13.1 Å². The Kier molecular flexibility index (Phi) is 6.80. The number of carbonyl (C=O) groups excluding carboxylic acids is 2.